The van der Waals surface area contributed by atoms with Gasteiger partial charge in [0.25, 0.3) is 0 Å². The Morgan fingerprint density at radius 2 is 1.92 bits per heavy atom. The smallest absolute Gasteiger partial charge is 0.416 e. The molecule has 0 heterocycles. The monoisotopic (exact) mass is 393 g/mol. The Morgan fingerprint density at radius 3 is 2.44 bits per heavy atom. The SMILES string of the molecule is Cc1cc(Oc2ccc(C(F)(F)F)cc2Cl)cc(OCP)c1[N+](=O)[O-]. The van der Waals surface area contributed by atoms with Gasteiger partial charge in [0.15, 0.2) is 0 Å². The van der Waals surface area contributed by atoms with Gasteiger partial charge >= 0.3 is 11.9 Å². The highest BCUT2D eigenvalue weighted by Crippen LogP contribution is 2.40. The second-order valence-electron chi connectivity index (χ2n) is 4.90. The molecule has 0 amide bonds. The lowest BCUT2D eigenvalue weighted by Crippen LogP contribution is -2.04. The van der Waals surface area contributed by atoms with Gasteiger partial charge in [-0.2, -0.15) is 13.2 Å². The first-order chi connectivity index (χ1) is 11.6. The molecule has 1 unspecified atom stereocenters. The summed E-state index contributed by atoms with van der Waals surface area (Å²) in [4.78, 5) is 10.5. The maximum Gasteiger partial charge on any atom is 0.416 e. The quantitative estimate of drug-likeness (QED) is 0.378. The van der Waals surface area contributed by atoms with Crippen molar-refractivity contribution < 1.29 is 27.6 Å². The van der Waals surface area contributed by atoms with Gasteiger partial charge in [0.05, 0.1) is 15.5 Å². The fourth-order valence-corrected chi connectivity index (χ4v) is 2.49. The predicted octanol–water partition coefficient (Wildman–Crippen LogP) is 5.58. The van der Waals surface area contributed by atoms with E-state index in [1.807, 2.05) is 0 Å². The van der Waals surface area contributed by atoms with E-state index in [-0.39, 0.29) is 39.9 Å². The standard InChI is InChI=1S/C15H12ClF3NO4P/c1-8-4-10(6-13(23-7-25)14(8)20(21)22)24-12-3-2-9(5-11(12)16)15(17,18)19/h2-6H,7,25H2,1H3. The summed E-state index contributed by atoms with van der Waals surface area (Å²) in [6.07, 6.45) is -4.41. The molecule has 0 aliphatic carbocycles. The first kappa shape index (κ1) is 19.3. The van der Waals surface area contributed by atoms with E-state index < -0.39 is 16.7 Å². The average Bonchev–Trinajstić information content (AvgIpc) is 2.47. The van der Waals surface area contributed by atoms with Gasteiger partial charge in [-0.25, -0.2) is 0 Å². The zero-order chi connectivity index (χ0) is 18.8. The summed E-state index contributed by atoms with van der Waals surface area (Å²) in [6.45, 7) is 1.50. The van der Waals surface area contributed by atoms with Crippen molar-refractivity contribution in [1.29, 1.82) is 0 Å². The number of benzene rings is 2. The summed E-state index contributed by atoms with van der Waals surface area (Å²) in [7, 11) is 2.26. The minimum absolute atomic E-state index is 0.0141. The van der Waals surface area contributed by atoms with Crippen molar-refractivity contribution in [2.45, 2.75) is 13.1 Å². The molecular formula is C15H12ClF3NO4P. The molecule has 0 radical (unpaired) electrons. The topological polar surface area (TPSA) is 61.6 Å². The summed E-state index contributed by atoms with van der Waals surface area (Å²) < 4.78 is 48.6. The van der Waals surface area contributed by atoms with Crippen molar-refractivity contribution in [3.8, 4) is 17.2 Å². The molecule has 134 valence electrons. The maximum absolute atomic E-state index is 12.7. The minimum Gasteiger partial charge on any atom is -0.483 e. The molecule has 2 aromatic rings. The second kappa shape index (κ2) is 7.45. The molecular weight excluding hydrogens is 382 g/mol. The first-order valence-corrected chi connectivity index (χ1v) is 7.99. The van der Waals surface area contributed by atoms with Crippen LogP contribution in [-0.4, -0.2) is 11.3 Å². The van der Waals surface area contributed by atoms with Gasteiger partial charge in [-0.15, -0.1) is 0 Å². The van der Waals surface area contributed by atoms with Crippen LogP contribution in [0.5, 0.6) is 17.2 Å². The van der Waals surface area contributed by atoms with Crippen LogP contribution in [0.15, 0.2) is 30.3 Å². The fraction of sp³-hybridized carbons (Fsp3) is 0.200. The molecule has 25 heavy (non-hydrogen) atoms. The van der Waals surface area contributed by atoms with Crippen molar-refractivity contribution in [1.82, 2.24) is 0 Å². The summed E-state index contributed by atoms with van der Waals surface area (Å²) in [5.41, 5.74) is -0.843. The number of aryl methyl sites for hydroxylation is 1. The van der Waals surface area contributed by atoms with Gasteiger partial charge in [0.2, 0.25) is 5.75 Å². The molecule has 0 aliphatic heterocycles. The molecule has 0 aliphatic rings. The van der Waals surface area contributed by atoms with Gasteiger partial charge in [-0.3, -0.25) is 10.1 Å². The summed E-state index contributed by atoms with van der Waals surface area (Å²) in [5.74, 6) is 0.121. The molecule has 2 aromatic carbocycles. The molecule has 1 atom stereocenters. The van der Waals surface area contributed by atoms with E-state index in [1.54, 1.807) is 0 Å². The second-order valence-corrected chi connectivity index (χ2v) is 5.64. The number of ether oxygens (including phenoxy) is 2. The lowest BCUT2D eigenvalue weighted by molar-refractivity contribution is -0.386. The van der Waals surface area contributed by atoms with Crippen LogP contribution in [-0.2, 0) is 6.18 Å². The number of hydrogen-bond acceptors (Lipinski definition) is 4. The fourth-order valence-electron chi connectivity index (χ4n) is 2.09. The molecule has 10 heteroatoms. The Morgan fingerprint density at radius 1 is 1.24 bits per heavy atom. The lowest BCUT2D eigenvalue weighted by Gasteiger charge is -2.13. The number of alkyl halides is 3. The number of halogens is 4. The highest BCUT2D eigenvalue weighted by molar-refractivity contribution is 7.16. The van der Waals surface area contributed by atoms with Crippen LogP contribution in [0.2, 0.25) is 5.02 Å². The molecule has 0 N–H and O–H groups in total. The molecule has 0 saturated carbocycles. The van der Waals surface area contributed by atoms with Crippen molar-refractivity contribution >= 4 is 26.5 Å². The van der Waals surface area contributed by atoms with Crippen LogP contribution < -0.4 is 9.47 Å². The Bertz CT molecular complexity index is 814. The Kier molecular flexibility index (Phi) is 5.75. The van der Waals surface area contributed by atoms with E-state index in [0.29, 0.717) is 0 Å². The highest BCUT2D eigenvalue weighted by Gasteiger charge is 2.31. The first-order valence-electron chi connectivity index (χ1n) is 6.80. The van der Waals surface area contributed by atoms with Gasteiger partial charge in [0, 0.05) is 11.6 Å². The van der Waals surface area contributed by atoms with Crippen molar-refractivity contribution in [3.05, 3.63) is 56.6 Å². The third kappa shape index (κ3) is 4.52. The minimum atomic E-state index is -4.52. The number of nitro benzene ring substituents is 1. The summed E-state index contributed by atoms with van der Waals surface area (Å²) >= 11 is 5.84. The molecule has 0 saturated heterocycles. The lowest BCUT2D eigenvalue weighted by atomic mass is 10.1. The van der Waals surface area contributed by atoms with Crippen LogP contribution in [0.1, 0.15) is 11.1 Å². The third-order valence-corrected chi connectivity index (χ3v) is 3.61. The zero-order valence-electron chi connectivity index (χ0n) is 12.8. The van der Waals surface area contributed by atoms with Crippen molar-refractivity contribution in [2.75, 3.05) is 6.35 Å². The van der Waals surface area contributed by atoms with Crippen molar-refractivity contribution in [2.24, 2.45) is 0 Å². The number of rotatable bonds is 5. The molecule has 5 nitrogen and oxygen atoms in total. The number of hydrogen-bond donors (Lipinski definition) is 0. The van der Waals surface area contributed by atoms with Gasteiger partial charge in [0.1, 0.15) is 17.8 Å². The van der Waals surface area contributed by atoms with Crippen LogP contribution in [0.25, 0.3) is 0 Å². The van der Waals surface area contributed by atoms with E-state index in [0.717, 1.165) is 18.2 Å². The third-order valence-electron chi connectivity index (χ3n) is 3.15. The summed E-state index contributed by atoms with van der Waals surface area (Å²) in [5, 5.41) is 10.9. The molecule has 0 bridgehead atoms. The molecule has 0 spiro atoms. The number of nitro groups is 1. The highest BCUT2D eigenvalue weighted by atomic mass is 35.5. The molecule has 0 aromatic heterocycles. The van der Waals surface area contributed by atoms with Crippen LogP contribution >= 0.6 is 20.8 Å². The van der Waals surface area contributed by atoms with Crippen LogP contribution in [0, 0.1) is 17.0 Å². The zero-order valence-corrected chi connectivity index (χ0v) is 14.7. The normalized spacial score (nSPS) is 11.3. The van der Waals surface area contributed by atoms with Gasteiger partial charge in [-0.05, 0) is 31.2 Å². The van der Waals surface area contributed by atoms with Crippen molar-refractivity contribution in [3.63, 3.8) is 0 Å². The Labute approximate surface area is 148 Å². The van der Waals surface area contributed by atoms with Gasteiger partial charge in [-0.1, -0.05) is 20.8 Å². The van der Waals surface area contributed by atoms with E-state index in [9.17, 15) is 23.3 Å². The van der Waals surface area contributed by atoms with E-state index in [4.69, 9.17) is 21.1 Å². The van der Waals surface area contributed by atoms with Crippen LogP contribution in [0.3, 0.4) is 0 Å². The van der Waals surface area contributed by atoms with Gasteiger partial charge < -0.3 is 9.47 Å². The summed E-state index contributed by atoms with van der Waals surface area (Å²) in [6, 6.07) is 5.32. The Hall–Kier alpha value is -2.05. The number of nitrogens with zero attached hydrogens (tertiary/aromatic N) is 1. The maximum atomic E-state index is 12.7. The van der Waals surface area contributed by atoms with Crippen LogP contribution in [0.4, 0.5) is 18.9 Å². The van der Waals surface area contributed by atoms with E-state index in [1.165, 1.54) is 19.1 Å². The average molecular weight is 394 g/mol. The molecule has 0 fully saturated rings. The predicted molar refractivity (Wildman–Crippen MR) is 89.6 cm³/mol. The van der Waals surface area contributed by atoms with E-state index in [2.05, 4.69) is 9.24 Å². The molecule has 2 rings (SSSR count). The Balaban J connectivity index is 2.39. The van der Waals surface area contributed by atoms with E-state index >= 15 is 0 Å². The largest absolute Gasteiger partial charge is 0.483 e.